The molecule has 0 aliphatic carbocycles. The van der Waals surface area contributed by atoms with Crippen LogP contribution in [0.3, 0.4) is 0 Å². The zero-order valence-corrected chi connectivity index (χ0v) is 13.8. The van der Waals surface area contributed by atoms with Gasteiger partial charge in [-0.2, -0.15) is 0 Å². The van der Waals surface area contributed by atoms with Gasteiger partial charge in [-0.1, -0.05) is 41.1 Å². The van der Waals surface area contributed by atoms with Gasteiger partial charge in [0.05, 0.1) is 0 Å². The first-order chi connectivity index (χ1) is 9.19. The number of rotatable bonds is 6. The molecule has 0 radical (unpaired) electrons. The molecule has 3 heteroatoms. The van der Waals surface area contributed by atoms with Crippen LogP contribution >= 0.6 is 27.3 Å². The molecule has 2 rings (SSSR count). The second-order valence-corrected chi connectivity index (χ2v) is 6.81. The molecule has 0 spiro atoms. The van der Waals surface area contributed by atoms with Crippen molar-refractivity contribution in [2.75, 3.05) is 0 Å². The summed E-state index contributed by atoms with van der Waals surface area (Å²) in [6.07, 6.45) is 2.20. The fourth-order valence-electron chi connectivity index (χ4n) is 2.31. The van der Waals surface area contributed by atoms with Crippen LogP contribution in [0.25, 0.3) is 0 Å². The summed E-state index contributed by atoms with van der Waals surface area (Å²) >= 11 is 5.39. The summed E-state index contributed by atoms with van der Waals surface area (Å²) in [5.74, 6) is 0. The van der Waals surface area contributed by atoms with E-state index in [1.165, 1.54) is 10.4 Å². The van der Waals surface area contributed by atoms with Gasteiger partial charge in [0.25, 0.3) is 0 Å². The Balaban J connectivity index is 1.98. The summed E-state index contributed by atoms with van der Waals surface area (Å²) in [6, 6.07) is 13.8. The highest BCUT2D eigenvalue weighted by atomic mass is 79.9. The third-order valence-electron chi connectivity index (χ3n) is 3.23. The number of hydrogen-bond donors (Lipinski definition) is 1. The van der Waals surface area contributed by atoms with E-state index >= 15 is 0 Å². The average Bonchev–Trinajstić information content (AvgIpc) is 2.88. The maximum absolute atomic E-state index is 3.73. The van der Waals surface area contributed by atoms with Crippen molar-refractivity contribution in [3.8, 4) is 0 Å². The van der Waals surface area contributed by atoms with Gasteiger partial charge in [-0.25, -0.2) is 0 Å². The summed E-state index contributed by atoms with van der Waals surface area (Å²) in [4.78, 5) is 1.45. The zero-order valence-electron chi connectivity index (χ0n) is 11.4. The number of halogens is 1. The van der Waals surface area contributed by atoms with Crippen molar-refractivity contribution in [3.63, 3.8) is 0 Å². The third kappa shape index (κ3) is 4.44. The molecular formula is C16H20BrNS. The minimum atomic E-state index is 0.424. The van der Waals surface area contributed by atoms with E-state index in [-0.39, 0.29) is 0 Å². The topological polar surface area (TPSA) is 12.0 Å². The molecule has 2 aromatic rings. The molecule has 0 aliphatic heterocycles. The predicted octanol–water partition coefficient (Wildman–Crippen LogP) is 5.18. The molecule has 1 aromatic carbocycles. The summed E-state index contributed by atoms with van der Waals surface area (Å²) in [5, 5.41) is 5.88. The standard InChI is InChI=1S/C16H20BrNS/c1-3-16(13-6-4-7-14(17)11-13)18-12(2)10-15-8-5-9-19-15/h4-9,11-12,16,18H,3,10H2,1-2H3. The van der Waals surface area contributed by atoms with Gasteiger partial charge in [-0.3, -0.25) is 0 Å². The van der Waals surface area contributed by atoms with E-state index in [2.05, 4.69) is 76.9 Å². The van der Waals surface area contributed by atoms with Gasteiger partial charge < -0.3 is 5.32 Å². The van der Waals surface area contributed by atoms with Gasteiger partial charge in [0.15, 0.2) is 0 Å². The first-order valence-corrected chi connectivity index (χ1v) is 8.40. The van der Waals surface area contributed by atoms with Gasteiger partial charge in [-0.05, 0) is 48.9 Å². The minimum absolute atomic E-state index is 0.424. The monoisotopic (exact) mass is 337 g/mol. The van der Waals surface area contributed by atoms with E-state index in [9.17, 15) is 0 Å². The Morgan fingerprint density at radius 1 is 1.26 bits per heavy atom. The van der Waals surface area contributed by atoms with E-state index in [4.69, 9.17) is 0 Å². The Hall–Kier alpha value is -0.640. The largest absolute Gasteiger partial charge is 0.307 e. The molecule has 102 valence electrons. The van der Waals surface area contributed by atoms with Crippen molar-refractivity contribution >= 4 is 27.3 Å². The Bertz CT molecular complexity index is 495. The Labute approximate surface area is 128 Å². The summed E-state index contributed by atoms with van der Waals surface area (Å²) in [7, 11) is 0. The Kier molecular flexibility index (Phi) is 5.61. The summed E-state index contributed by atoms with van der Waals surface area (Å²) < 4.78 is 1.15. The SMILES string of the molecule is CCC(NC(C)Cc1cccs1)c1cccc(Br)c1. The third-order valence-corrected chi connectivity index (χ3v) is 4.62. The normalized spacial score (nSPS) is 14.3. The highest BCUT2D eigenvalue weighted by Crippen LogP contribution is 2.22. The van der Waals surface area contributed by atoms with Crippen molar-refractivity contribution in [1.82, 2.24) is 5.32 Å². The van der Waals surface area contributed by atoms with Crippen molar-refractivity contribution in [3.05, 3.63) is 56.7 Å². The van der Waals surface area contributed by atoms with Crippen molar-refractivity contribution < 1.29 is 0 Å². The lowest BCUT2D eigenvalue weighted by Gasteiger charge is -2.22. The number of hydrogen-bond acceptors (Lipinski definition) is 2. The van der Waals surface area contributed by atoms with Gasteiger partial charge >= 0.3 is 0 Å². The van der Waals surface area contributed by atoms with E-state index in [0.29, 0.717) is 12.1 Å². The highest BCUT2D eigenvalue weighted by Gasteiger charge is 2.13. The maximum atomic E-state index is 3.73. The van der Waals surface area contributed by atoms with Gasteiger partial charge in [0.2, 0.25) is 0 Å². The van der Waals surface area contributed by atoms with Crippen LogP contribution in [0.2, 0.25) is 0 Å². The number of thiophene rings is 1. The molecule has 2 unspecified atom stereocenters. The van der Waals surface area contributed by atoms with Crippen LogP contribution in [0.1, 0.15) is 36.8 Å². The number of benzene rings is 1. The second-order valence-electron chi connectivity index (χ2n) is 4.87. The summed E-state index contributed by atoms with van der Waals surface area (Å²) in [6.45, 7) is 4.50. The smallest absolute Gasteiger partial charge is 0.0320 e. The molecule has 2 atom stereocenters. The molecule has 19 heavy (non-hydrogen) atoms. The lowest BCUT2D eigenvalue weighted by Crippen LogP contribution is -2.31. The predicted molar refractivity (Wildman–Crippen MR) is 87.8 cm³/mol. The fraction of sp³-hybridized carbons (Fsp3) is 0.375. The average molecular weight is 338 g/mol. The lowest BCUT2D eigenvalue weighted by molar-refractivity contribution is 0.445. The van der Waals surface area contributed by atoms with Crippen LogP contribution in [0.15, 0.2) is 46.3 Å². The Morgan fingerprint density at radius 3 is 2.74 bits per heavy atom. The molecular weight excluding hydrogens is 318 g/mol. The van der Waals surface area contributed by atoms with Crippen molar-refractivity contribution in [2.45, 2.75) is 38.8 Å². The van der Waals surface area contributed by atoms with Crippen LogP contribution in [0, 0.1) is 0 Å². The minimum Gasteiger partial charge on any atom is -0.307 e. The first-order valence-electron chi connectivity index (χ1n) is 6.73. The van der Waals surface area contributed by atoms with E-state index in [1.54, 1.807) is 0 Å². The van der Waals surface area contributed by atoms with E-state index in [1.807, 2.05) is 11.3 Å². The molecule has 0 aliphatic rings. The van der Waals surface area contributed by atoms with E-state index in [0.717, 1.165) is 17.3 Å². The van der Waals surface area contributed by atoms with Gasteiger partial charge in [0.1, 0.15) is 0 Å². The van der Waals surface area contributed by atoms with Crippen LogP contribution in [-0.2, 0) is 6.42 Å². The van der Waals surface area contributed by atoms with Crippen molar-refractivity contribution in [2.24, 2.45) is 0 Å². The Morgan fingerprint density at radius 2 is 2.11 bits per heavy atom. The maximum Gasteiger partial charge on any atom is 0.0320 e. The van der Waals surface area contributed by atoms with Crippen LogP contribution in [-0.4, -0.2) is 6.04 Å². The van der Waals surface area contributed by atoms with Gasteiger partial charge in [-0.15, -0.1) is 11.3 Å². The zero-order chi connectivity index (χ0) is 13.7. The molecule has 0 amide bonds. The first kappa shape index (κ1) is 14.8. The second kappa shape index (κ2) is 7.22. The highest BCUT2D eigenvalue weighted by molar-refractivity contribution is 9.10. The molecule has 0 saturated heterocycles. The fourth-order valence-corrected chi connectivity index (χ4v) is 3.56. The molecule has 1 N–H and O–H groups in total. The molecule has 0 fully saturated rings. The van der Waals surface area contributed by atoms with Crippen LogP contribution in [0.4, 0.5) is 0 Å². The lowest BCUT2D eigenvalue weighted by atomic mass is 10.0. The molecule has 0 saturated carbocycles. The van der Waals surface area contributed by atoms with Crippen LogP contribution in [0.5, 0.6) is 0 Å². The van der Waals surface area contributed by atoms with E-state index < -0.39 is 0 Å². The van der Waals surface area contributed by atoms with Crippen molar-refractivity contribution in [1.29, 1.82) is 0 Å². The molecule has 1 nitrogen and oxygen atoms in total. The quantitative estimate of drug-likeness (QED) is 0.765. The molecule has 1 heterocycles. The molecule has 0 bridgehead atoms. The molecule has 1 aromatic heterocycles. The summed E-state index contributed by atoms with van der Waals surface area (Å²) in [5.41, 5.74) is 1.36. The number of nitrogens with one attached hydrogen (secondary N) is 1. The van der Waals surface area contributed by atoms with Gasteiger partial charge in [0, 0.05) is 21.4 Å². The van der Waals surface area contributed by atoms with Crippen LogP contribution < -0.4 is 5.32 Å².